The molecule has 112 valence electrons. The molecule has 1 atom stereocenters. The number of anilines is 1. The van der Waals surface area contributed by atoms with Crippen molar-refractivity contribution < 1.29 is 9.21 Å². The molecule has 1 aromatic heterocycles. The third-order valence-electron chi connectivity index (χ3n) is 3.54. The van der Waals surface area contributed by atoms with Crippen LogP contribution in [0.3, 0.4) is 0 Å². The Hall–Kier alpha value is -2.27. The highest BCUT2D eigenvalue weighted by Gasteiger charge is 2.16. The molecule has 0 saturated heterocycles. The molecular weight excluding hydrogens is 266 g/mol. The van der Waals surface area contributed by atoms with Crippen LogP contribution in [0.25, 0.3) is 0 Å². The van der Waals surface area contributed by atoms with Crippen LogP contribution in [-0.2, 0) is 0 Å². The van der Waals surface area contributed by atoms with Crippen LogP contribution in [0.2, 0.25) is 0 Å². The lowest BCUT2D eigenvalue weighted by atomic mass is 10.1. The Morgan fingerprint density at radius 2 is 1.95 bits per heavy atom. The second-order valence-electron chi connectivity index (χ2n) is 5.24. The van der Waals surface area contributed by atoms with Gasteiger partial charge in [0.05, 0.1) is 11.7 Å². The van der Waals surface area contributed by atoms with Crippen molar-refractivity contribution in [3.8, 4) is 0 Å². The fourth-order valence-electron chi connectivity index (χ4n) is 2.40. The second-order valence-corrected chi connectivity index (χ2v) is 5.24. The van der Waals surface area contributed by atoms with E-state index in [1.165, 1.54) is 0 Å². The molecule has 0 aliphatic carbocycles. The van der Waals surface area contributed by atoms with Crippen LogP contribution in [0, 0.1) is 20.8 Å². The van der Waals surface area contributed by atoms with Crippen molar-refractivity contribution in [2.24, 2.45) is 5.84 Å². The number of nitrogen functional groups attached to an aromatic ring is 1. The molecule has 0 aliphatic rings. The lowest BCUT2D eigenvalue weighted by Crippen LogP contribution is -2.27. The fraction of sp³-hybridized carbons (Fsp3) is 0.312. The maximum Gasteiger partial charge on any atom is 0.251 e. The van der Waals surface area contributed by atoms with E-state index in [0.29, 0.717) is 5.56 Å². The van der Waals surface area contributed by atoms with Crippen molar-refractivity contribution in [3.63, 3.8) is 0 Å². The van der Waals surface area contributed by atoms with Gasteiger partial charge in [0.1, 0.15) is 11.5 Å². The number of carbonyl (C=O) groups excluding carboxylic acids is 1. The number of rotatable bonds is 4. The van der Waals surface area contributed by atoms with Crippen LogP contribution in [0.4, 0.5) is 5.69 Å². The molecule has 1 amide bonds. The summed E-state index contributed by atoms with van der Waals surface area (Å²) in [4.78, 5) is 12.3. The molecule has 2 aromatic rings. The Balaban J connectivity index is 2.14. The van der Waals surface area contributed by atoms with Gasteiger partial charge in [-0.3, -0.25) is 10.6 Å². The summed E-state index contributed by atoms with van der Waals surface area (Å²) in [6.45, 7) is 7.64. The van der Waals surface area contributed by atoms with Gasteiger partial charge in [-0.05, 0) is 57.5 Å². The molecule has 0 spiro atoms. The highest BCUT2D eigenvalue weighted by atomic mass is 16.3. The SMILES string of the molecule is Cc1cc(C(C)NC(=O)c2ccc(NN)c(C)c2)c(C)o1. The Bertz CT molecular complexity index is 662. The molecule has 1 aromatic carbocycles. The summed E-state index contributed by atoms with van der Waals surface area (Å²) >= 11 is 0. The molecule has 21 heavy (non-hydrogen) atoms. The van der Waals surface area contributed by atoms with Crippen LogP contribution in [0.1, 0.15) is 46.0 Å². The minimum atomic E-state index is -0.118. The van der Waals surface area contributed by atoms with Gasteiger partial charge in [-0.2, -0.15) is 0 Å². The van der Waals surface area contributed by atoms with Gasteiger partial charge in [-0.25, -0.2) is 0 Å². The Morgan fingerprint density at radius 1 is 1.24 bits per heavy atom. The molecule has 4 N–H and O–H groups in total. The minimum absolute atomic E-state index is 0.109. The van der Waals surface area contributed by atoms with Crippen LogP contribution in [0.5, 0.6) is 0 Å². The Labute approximate surface area is 124 Å². The summed E-state index contributed by atoms with van der Waals surface area (Å²) < 4.78 is 5.50. The molecular formula is C16H21N3O2. The second kappa shape index (κ2) is 6.01. The third kappa shape index (κ3) is 3.25. The summed E-state index contributed by atoms with van der Waals surface area (Å²) in [6.07, 6.45) is 0. The number of hydrazine groups is 1. The van der Waals surface area contributed by atoms with Gasteiger partial charge >= 0.3 is 0 Å². The van der Waals surface area contributed by atoms with Crippen LogP contribution in [-0.4, -0.2) is 5.91 Å². The van der Waals surface area contributed by atoms with Crippen LogP contribution >= 0.6 is 0 Å². The molecule has 0 bridgehead atoms. The molecule has 1 unspecified atom stereocenters. The van der Waals surface area contributed by atoms with Crippen molar-refractivity contribution in [3.05, 3.63) is 52.5 Å². The number of amides is 1. The van der Waals surface area contributed by atoms with E-state index >= 15 is 0 Å². The first-order valence-corrected chi connectivity index (χ1v) is 6.87. The Kier molecular flexibility index (Phi) is 4.33. The predicted octanol–water partition coefficient (Wildman–Crippen LogP) is 2.98. The number of aryl methyl sites for hydroxylation is 3. The third-order valence-corrected chi connectivity index (χ3v) is 3.54. The summed E-state index contributed by atoms with van der Waals surface area (Å²) in [5.74, 6) is 6.95. The highest BCUT2D eigenvalue weighted by Crippen LogP contribution is 2.22. The van der Waals surface area contributed by atoms with Gasteiger partial charge < -0.3 is 15.2 Å². The number of furan rings is 1. The molecule has 0 saturated carbocycles. The van der Waals surface area contributed by atoms with Crippen molar-refractivity contribution in [1.29, 1.82) is 0 Å². The topological polar surface area (TPSA) is 80.3 Å². The van der Waals surface area contributed by atoms with E-state index in [4.69, 9.17) is 10.3 Å². The fourth-order valence-corrected chi connectivity index (χ4v) is 2.40. The van der Waals surface area contributed by atoms with E-state index in [1.54, 1.807) is 12.1 Å². The maximum atomic E-state index is 12.3. The van der Waals surface area contributed by atoms with Crippen LogP contribution < -0.4 is 16.6 Å². The van der Waals surface area contributed by atoms with Gasteiger partial charge in [0.15, 0.2) is 0 Å². The zero-order valence-corrected chi connectivity index (χ0v) is 12.8. The van der Waals surface area contributed by atoms with Gasteiger partial charge in [0.25, 0.3) is 5.91 Å². The monoisotopic (exact) mass is 287 g/mol. The van der Waals surface area contributed by atoms with Crippen molar-refractivity contribution >= 4 is 11.6 Å². The summed E-state index contributed by atoms with van der Waals surface area (Å²) in [7, 11) is 0. The molecule has 0 radical (unpaired) electrons. The van der Waals surface area contributed by atoms with E-state index < -0.39 is 0 Å². The smallest absolute Gasteiger partial charge is 0.251 e. The number of hydrogen-bond acceptors (Lipinski definition) is 4. The normalized spacial score (nSPS) is 12.0. The first kappa shape index (κ1) is 15.1. The van der Waals surface area contributed by atoms with Crippen molar-refractivity contribution in [2.75, 3.05) is 5.43 Å². The number of benzene rings is 1. The number of hydrogen-bond donors (Lipinski definition) is 3. The minimum Gasteiger partial charge on any atom is -0.466 e. The molecule has 2 rings (SSSR count). The van der Waals surface area contributed by atoms with Crippen molar-refractivity contribution in [1.82, 2.24) is 5.32 Å². The van der Waals surface area contributed by atoms with Crippen LogP contribution in [0.15, 0.2) is 28.7 Å². The molecule has 0 fully saturated rings. The lowest BCUT2D eigenvalue weighted by Gasteiger charge is -2.14. The first-order valence-electron chi connectivity index (χ1n) is 6.87. The number of nitrogens with two attached hydrogens (primary N) is 1. The average Bonchev–Trinajstić information content (AvgIpc) is 2.77. The van der Waals surface area contributed by atoms with Gasteiger partial charge in [-0.15, -0.1) is 0 Å². The molecule has 0 aliphatic heterocycles. The highest BCUT2D eigenvalue weighted by molar-refractivity contribution is 5.95. The van der Waals surface area contributed by atoms with Gasteiger partial charge in [0.2, 0.25) is 0 Å². The lowest BCUT2D eigenvalue weighted by molar-refractivity contribution is 0.0939. The summed E-state index contributed by atoms with van der Waals surface area (Å²) in [6, 6.07) is 7.19. The maximum absolute atomic E-state index is 12.3. The average molecular weight is 287 g/mol. The first-order chi connectivity index (χ1) is 9.92. The quantitative estimate of drug-likeness (QED) is 0.596. The van der Waals surface area contributed by atoms with E-state index in [1.807, 2.05) is 39.8 Å². The standard InChI is InChI=1S/C16H21N3O2/c1-9-7-13(5-6-15(9)19-17)16(20)18-11(3)14-8-10(2)21-12(14)4/h5-8,11,19H,17H2,1-4H3,(H,18,20). The largest absolute Gasteiger partial charge is 0.466 e. The van der Waals surface area contributed by atoms with E-state index in [9.17, 15) is 4.79 Å². The number of nitrogens with one attached hydrogen (secondary N) is 2. The Morgan fingerprint density at radius 3 is 2.48 bits per heavy atom. The predicted molar refractivity (Wildman–Crippen MR) is 83.1 cm³/mol. The molecule has 5 nitrogen and oxygen atoms in total. The molecule has 5 heteroatoms. The van der Waals surface area contributed by atoms with Gasteiger partial charge in [-0.1, -0.05) is 0 Å². The molecule has 1 heterocycles. The van der Waals surface area contributed by atoms with E-state index in [2.05, 4.69) is 10.7 Å². The van der Waals surface area contributed by atoms with Crippen molar-refractivity contribution in [2.45, 2.75) is 33.7 Å². The van der Waals surface area contributed by atoms with Gasteiger partial charge in [0, 0.05) is 11.1 Å². The zero-order valence-electron chi connectivity index (χ0n) is 12.8. The summed E-state index contributed by atoms with van der Waals surface area (Å²) in [5.41, 5.74) is 5.93. The zero-order chi connectivity index (χ0) is 15.6. The van der Waals surface area contributed by atoms with E-state index in [-0.39, 0.29) is 11.9 Å². The summed E-state index contributed by atoms with van der Waals surface area (Å²) in [5, 5.41) is 2.98. The number of carbonyl (C=O) groups is 1. The van der Waals surface area contributed by atoms with E-state index in [0.717, 1.165) is 28.3 Å².